The zero-order chi connectivity index (χ0) is 20.2. The summed E-state index contributed by atoms with van der Waals surface area (Å²) in [6.07, 6.45) is 9.07. The van der Waals surface area contributed by atoms with Crippen molar-refractivity contribution in [2.75, 3.05) is 19.0 Å². The molecule has 0 aliphatic heterocycles. The van der Waals surface area contributed by atoms with Gasteiger partial charge in [0.25, 0.3) is 0 Å². The third-order valence-electron chi connectivity index (χ3n) is 5.97. The standard InChI is InChI=1S/C23H32F2N2/c1-7-9-12-23(4,16(3)8-2)19-13-17(24)14-20(25)22(19)21-11-10-18(15-26-21)27(5)6/h9-12,14-16,19H,7-8,13H2,1-6H3. The monoisotopic (exact) mass is 374 g/mol. The zero-order valence-corrected chi connectivity index (χ0v) is 17.4. The van der Waals surface area contributed by atoms with Crippen LogP contribution >= 0.6 is 0 Å². The number of rotatable bonds is 7. The Kier molecular flexibility index (Phi) is 6.96. The van der Waals surface area contributed by atoms with E-state index in [0.29, 0.717) is 11.3 Å². The van der Waals surface area contributed by atoms with Crippen LogP contribution in [0.2, 0.25) is 0 Å². The van der Waals surface area contributed by atoms with Crippen LogP contribution in [-0.2, 0) is 0 Å². The normalized spacial score (nSPS) is 21.2. The molecule has 148 valence electrons. The first-order valence-electron chi connectivity index (χ1n) is 9.81. The smallest absolute Gasteiger partial charge is 0.131 e. The molecule has 1 aromatic heterocycles. The number of anilines is 1. The molecule has 3 unspecified atom stereocenters. The minimum atomic E-state index is -0.506. The third kappa shape index (κ3) is 4.48. The fourth-order valence-corrected chi connectivity index (χ4v) is 3.81. The molecule has 1 aromatic rings. The zero-order valence-electron chi connectivity index (χ0n) is 17.4. The van der Waals surface area contributed by atoms with Gasteiger partial charge in [-0.1, -0.05) is 46.3 Å². The summed E-state index contributed by atoms with van der Waals surface area (Å²) in [5, 5.41) is 0. The van der Waals surface area contributed by atoms with Crippen molar-refractivity contribution in [3.8, 4) is 0 Å². The maximum Gasteiger partial charge on any atom is 0.131 e. The second kappa shape index (κ2) is 8.81. The summed E-state index contributed by atoms with van der Waals surface area (Å²) in [6, 6.07) is 3.77. The Hall–Kier alpha value is -1.97. The van der Waals surface area contributed by atoms with Crippen molar-refractivity contribution in [1.29, 1.82) is 0 Å². The number of nitrogens with zero attached hydrogens (tertiary/aromatic N) is 2. The predicted octanol–water partition coefficient (Wildman–Crippen LogP) is 6.72. The molecule has 0 bridgehead atoms. The molecule has 0 radical (unpaired) electrons. The molecule has 0 amide bonds. The molecule has 0 aromatic carbocycles. The van der Waals surface area contributed by atoms with Gasteiger partial charge in [-0.25, -0.2) is 8.78 Å². The fourth-order valence-electron chi connectivity index (χ4n) is 3.81. The quantitative estimate of drug-likeness (QED) is 0.492. The Labute approximate surface area is 162 Å². The van der Waals surface area contributed by atoms with Gasteiger partial charge in [-0.05, 0) is 29.9 Å². The van der Waals surface area contributed by atoms with Gasteiger partial charge in [0.15, 0.2) is 0 Å². The van der Waals surface area contributed by atoms with E-state index in [4.69, 9.17) is 0 Å². The summed E-state index contributed by atoms with van der Waals surface area (Å²) in [4.78, 5) is 6.46. The van der Waals surface area contributed by atoms with E-state index in [0.717, 1.165) is 24.6 Å². The molecule has 1 aliphatic rings. The number of allylic oxidation sites excluding steroid dienone is 6. The van der Waals surface area contributed by atoms with Gasteiger partial charge in [-0.15, -0.1) is 0 Å². The maximum atomic E-state index is 15.0. The van der Waals surface area contributed by atoms with Crippen LogP contribution in [0.1, 0.15) is 52.7 Å². The fraction of sp³-hybridized carbons (Fsp3) is 0.522. The lowest BCUT2D eigenvalue weighted by Gasteiger charge is -2.42. The molecule has 0 spiro atoms. The van der Waals surface area contributed by atoms with Gasteiger partial charge in [0, 0.05) is 38.1 Å². The molecule has 0 saturated carbocycles. The third-order valence-corrected chi connectivity index (χ3v) is 5.97. The first kappa shape index (κ1) is 21.3. The van der Waals surface area contributed by atoms with Crippen LogP contribution in [0.15, 0.2) is 48.2 Å². The molecule has 4 heteroatoms. The Balaban J connectivity index is 2.59. The topological polar surface area (TPSA) is 16.1 Å². The molecule has 1 heterocycles. The summed E-state index contributed by atoms with van der Waals surface area (Å²) in [5.74, 6) is -0.920. The van der Waals surface area contributed by atoms with Crippen LogP contribution in [0, 0.1) is 17.3 Å². The average molecular weight is 375 g/mol. The molecular weight excluding hydrogens is 342 g/mol. The van der Waals surface area contributed by atoms with Gasteiger partial charge < -0.3 is 4.90 Å². The van der Waals surface area contributed by atoms with E-state index in [1.807, 2.05) is 31.1 Å². The minimum absolute atomic E-state index is 0.203. The van der Waals surface area contributed by atoms with Crippen molar-refractivity contribution in [3.05, 3.63) is 53.9 Å². The molecule has 1 aliphatic carbocycles. The van der Waals surface area contributed by atoms with Crippen LogP contribution in [0.4, 0.5) is 14.5 Å². The van der Waals surface area contributed by atoms with Crippen molar-refractivity contribution in [2.45, 2.75) is 47.0 Å². The Morgan fingerprint density at radius 1 is 1.30 bits per heavy atom. The van der Waals surface area contributed by atoms with Crippen molar-refractivity contribution in [2.24, 2.45) is 17.3 Å². The van der Waals surface area contributed by atoms with Gasteiger partial charge in [-0.3, -0.25) is 4.98 Å². The number of hydrogen-bond acceptors (Lipinski definition) is 2. The molecule has 2 rings (SSSR count). The van der Waals surface area contributed by atoms with E-state index in [1.165, 1.54) is 0 Å². The van der Waals surface area contributed by atoms with E-state index in [9.17, 15) is 4.39 Å². The highest BCUT2D eigenvalue weighted by Gasteiger charge is 2.42. The number of hydrogen-bond donors (Lipinski definition) is 0. The number of aromatic nitrogens is 1. The van der Waals surface area contributed by atoms with Gasteiger partial charge in [0.2, 0.25) is 0 Å². The van der Waals surface area contributed by atoms with Crippen LogP contribution in [0.5, 0.6) is 0 Å². The Bertz CT molecular complexity index is 731. The second-order valence-corrected chi connectivity index (χ2v) is 7.89. The maximum absolute atomic E-state index is 15.0. The first-order valence-corrected chi connectivity index (χ1v) is 9.81. The van der Waals surface area contributed by atoms with Crippen molar-refractivity contribution < 1.29 is 8.78 Å². The van der Waals surface area contributed by atoms with E-state index < -0.39 is 11.7 Å². The molecule has 0 saturated heterocycles. The molecule has 3 atom stereocenters. The Morgan fingerprint density at radius 2 is 2.00 bits per heavy atom. The van der Waals surface area contributed by atoms with Crippen LogP contribution in [0.25, 0.3) is 5.57 Å². The highest BCUT2D eigenvalue weighted by molar-refractivity contribution is 5.72. The van der Waals surface area contributed by atoms with Crippen molar-refractivity contribution >= 4 is 11.3 Å². The number of pyridine rings is 1. The van der Waals surface area contributed by atoms with Crippen LogP contribution < -0.4 is 4.90 Å². The molecule has 0 fully saturated rings. The average Bonchev–Trinajstić information content (AvgIpc) is 2.64. The summed E-state index contributed by atoms with van der Waals surface area (Å²) < 4.78 is 29.3. The van der Waals surface area contributed by atoms with E-state index in [-0.39, 0.29) is 23.7 Å². The summed E-state index contributed by atoms with van der Waals surface area (Å²) in [6.45, 7) is 8.49. The van der Waals surface area contributed by atoms with Gasteiger partial charge in [-0.2, -0.15) is 0 Å². The van der Waals surface area contributed by atoms with Crippen LogP contribution in [-0.4, -0.2) is 19.1 Å². The van der Waals surface area contributed by atoms with Gasteiger partial charge in [0.05, 0.1) is 17.6 Å². The highest BCUT2D eigenvalue weighted by atomic mass is 19.1. The molecular formula is C23H32F2N2. The van der Waals surface area contributed by atoms with Crippen molar-refractivity contribution in [3.63, 3.8) is 0 Å². The predicted molar refractivity (Wildman–Crippen MR) is 111 cm³/mol. The largest absolute Gasteiger partial charge is 0.376 e. The minimum Gasteiger partial charge on any atom is -0.376 e. The SMILES string of the molecule is CCC=CC(C)(C(C)CC)C1CC(F)=CC(F)=C1c1ccc(N(C)C)cn1. The van der Waals surface area contributed by atoms with E-state index >= 15 is 4.39 Å². The lowest BCUT2D eigenvalue weighted by atomic mass is 9.62. The lowest BCUT2D eigenvalue weighted by Crippen LogP contribution is -2.34. The highest BCUT2D eigenvalue weighted by Crippen LogP contribution is 2.51. The summed E-state index contributed by atoms with van der Waals surface area (Å²) >= 11 is 0. The van der Waals surface area contributed by atoms with Crippen LogP contribution in [0.3, 0.4) is 0 Å². The molecule has 2 nitrogen and oxygen atoms in total. The summed E-state index contributed by atoms with van der Waals surface area (Å²) in [7, 11) is 3.88. The number of halogens is 2. The Morgan fingerprint density at radius 3 is 2.52 bits per heavy atom. The lowest BCUT2D eigenvalue weighted by molar-refractivity contribution is 0.190. The first-order chi connectivity index (χ1) is 12.7. The molecule has 0 N–H and O–H groups in total. The molecule has 27 heavy (non-hydrogen) atoms. The van der Waals surface area contributed by atoms with Crippen molar-refractivity contribution in [1.82, 2.24) is 4.98 Å². The van der Waals surface area contributed by atoms with Gasteiger partial charge in [0.1, 0.15) is 11.7 Å². The van der Waals surface area contributed by atoms with E-state index in [1.54, 1.807) is 6.20 Å². The van der Waals surface area contributed by atoms with Gasteiger partial charge >= 0.3 is 0 Å². The second-order valence-electron chi connectivity index (χ2n) is 7.89. The summed E-state index contributed by atoms with van der Waals surface area (Å²) in [5.41, 5.74) is 1.70. The van der Waals surface area contributed by atoms with E-state index in [2.05, 4.69) is 44.8 Å².